The molecule has 4 aromatic rings. The quantitative estimate of drug-likeness (QED) is 0.234. The lowest BCUT2D eigenvalue weighted by Crippen LogP contribution is -2.27. The molecular weight excluding hydrogens is 525 g/mol. The fourth-order valence-electron chi connectivity index (χ4n) is 4.14. The second-order valence-corrected chi connectivity index (χ2v) is 9.42. The standard InChI is InChI=1S/C28H31Cl2N5O3/c1-4-34(5-2)13-16-38-21-11-9-20(10-12-21)32-28-31-18-19-17-22(25-23(29)7-6-8-24(25)30)27(36)35(14-15-37-3)26(19)33-28/h6-12,17-18H,4-5,13-16H2,1-3H3,(H,31,32,33). The fraction of sp³-hybridized carbons (Fsp3) is 0.321. The van der Waals surface area contributed by atoms with Crippen LogP contribution in [0, 0.1) is 0 Å². The minimum absolute atomic E-state index is 0.264. The van der Waals surface area contributed by atoms with Gasteiger partial charge in [-0.15, -0.1) is 0 Å². The number of fused-ring (bicyclic) bond motifs is 1. The van der Waals surface area contributed by atoms with E-state index < -0.39 is 0 Å². The van der Waals surface area contributed by atoms with E-state index in [1.807, 2.05) is 24.3 Å². The molecule has 0 aliphatic carbocycles. The Morgan fingerprint density at radius 3 is 2.39 bits per heavy atom. The number of nitrogens with zero attached hydrogens (tertiary/aromatic N) is 4. The zero-order chi connectivity index (χ0) is 27.1. The topological polar surface area (TPSA) is 81.5 Å². The average molecular weight is 556 g/mol. The minimum Gasteiger partial charge on any atom is -0.492 e. The number of hydrogen-bond acceptors (Lipinski definition) is 7. The highest BCUT2D eigenvalue weighted by Gasteiger charge is 2.17. The number of halogens is 2. The van der Waals surface area contributed by atoms with E-state index in [9.17, 15) is 4.79 Å². The van der Waals surface area contributed by atoms with Crippen molar-refractivity contribution in [3.63, 3.8) is 0 Å². The van der Waals surface area contributed by atoms with Gasteiger partial charge in [0.2, 0.25) is 5.95 Å². The zero-order valence-electron chi connectivity index (χ0n) is 21.7. The smallest absolute Gasteiger partial charge is 0.260 e. The van der Waals surface area contributed by atoms with E-state index in [4.69, 9.17) is 32.7 Å². The van der Waals surface area contributed by atoms with Crippen molar-refractivity contribution >= 4 is 45.9 Å². The summed E-state index contributed by atoms with van der Waals surface area (Å²) in [4.78, 5) is 25.0. The van der Waals surface area contributed by atoms with Gasteiger partial charge in [-0.05, 0) is 55.6 Å². The first-order valence-electron chi connectivity index (χ1n) is 12.5. The summed E-state index contributed by atoms with van der Waals surface area (Å²) in [5, 5.41) is 4.67. The van der Waals surface area contributed by atoms with Crippen LogP contribution in [0.5, 0.6) is 5.75 Å². The molecule has 0 spiro atoms. The number of rotatable bonds is 12. The van der Waals surface area contributed by atoms with E-state index in [2.05, 4.69) is 34.0 Å². The number of methoxy groups -OCH3 is 1. The van der Waals surface area contributed by atoms with E-state index in [1.165, 1.54) is 0 Å². The van der Waals surface area contributed by atoms with Crippen LogP contribution >= 0.6 is 23.2 Å². The molecule has 200 valence electrons. The van der Waals surface area contributed by atoms with Gasteiger partial charge in [-0.3, -0.25) is 9.36 Å². The Morgan fingerprint density at radius 2 is 1.74 bits per heavy atom. The molecule has 0 saturated heterocycles. The predicted octanol–water partition coefficient (Wildman–Crippen LogP) is 5.88. The van der Waals surface area contributed by atoms with Crippen LogP contribution in [-0.2, 0) is 11.3 Å². The van der Waals surface area contributed by atoms with Crippen molar-refractivity contribution in [3.05, 3.63) is 75.1 Å². The average Bonchev–Trinajstić information content (AvgIpc) is 2.92. The van der Waals surface area contributed by atoms with Gasteiger partial charge < -0.3 is 19.7 Å². The van der Waals surface area contributed by atoms with Crippen molar-refractivity contribution in [2.45, 2.75) is 20.4 Å². The number of pyridine rings is 1. The molecule has 38 heavy (non-hydrogen) atoms. The number of likely N-dealkylation sites (N-methyl/N-ethyl adjacent to an activating group) is 1. The molecule has 1 N–H and O–H groups in total. The van der Waals surface area contributed by atoms with Crippen molar-refractivity contribution in [2.24, 2.45) is 0 Å². The number of anilines is 2. The number of benzene rings is 2. The van der Waals surface area contributed by atoms with Gasteiger partial charge in [0, 0.05) is 36.5 Å². The lowest BCUT2D eigenvalue weighted by molar-refractivity contribution is 0.187. The van der Waals surface area contributed by atoms with Crippen LogP contribution in [0.25, 0.3) is 22.2 Å². The third kappa shape index (κ3) is 6.45. The molecule has 0 aliphatic rings. The fourth-order valence-corrected chi connectivity index (χ4v) is 4.74. The van der Waals surface area contributed by atoms with Crippen LogP contribution in [0.2, 0.25) is 10.0 Å². The number of ether oxygens (including phenoxy) is 2. The maximum atomic E-state index is 13.6. The molecular formula is C28H31Cl2N5O3. The molecule has 2 aromatic heterocycles. The monoisotopic (exact) mass is 555 g/mol. The van der Waals surface area contributed by atoms with Crippen LogP contribution < -0.4 is 15.6 Å². The molecule has 0 fully saturated rings. The van der Waals surface area contributed by atoms with E-state index in [1.54, 1.807) is 42.1 Å². The first-order chi connectivity index (χ1) is 18.4. The Labute approximate surface area is 232 Å². The van der Waals surface area contributed by atoms with Gasteiger partial charge in [0.25, 0.3) is 5.56 Å². The van der Waals surface area contributed by atoms with Crippen molar-refractivity contribution in [2.75, 3.05) is 45.3 Å². The van der Waals surface area contributed by atoms with Gasteiger partial charge >= 0.3 is 0 Å². The van der Waals surface area contributed by atoms with Gasteiger partial charge in [-0.2, -0.15) is 4.98 Å². The summed E-state index contributed by atoms with van der Waals surface area (Å²) in [7, 11) is 1.58. The third-order valence-electron chi connectivity index (χ3n) is 6.26. The Balaban J connectivity index is 1.60. The van der Waals surface area contributed by atoms with Crippen LogP contribution in [0.1, 0.15) is 13.8 Å². The van der Waals surface area contributed by atoms with Crippen LogP contribution in [0.4, 0.5) is 11.6 Å². The minimum atomic E-state index is -0.264. The summed E-state index contributed by atoms with van der Waals surface area (Å²) in [6, 6.07) is 14.5. The molecule has 0 radical (unpaired) electrons. The summed E-state index contributed by atoms with van der Waals surface area (Å²) in [5.74, 6) is 1.16. The van der Waals surface area contributed by atoms with Gasteiger partial charge in [-0.25, -0.2) is 4.98 Å². The molecule has 0 amide bonds. The summed E-state index contributed by atoms with van der Waals surface area (Å²) in [6.07, 6.45) is 1.67. The van der Waals surface area contributed by atoms with E-state index in [-0.39, 0.29) is 5.56 Å². The molecule has 4 rings (SSSR count). The maximum absolute atomic E-state index is 13.6. The highest BCUT2D eigenvalue weighted by atomic mass is 35.5. The number of nitrogens with one attached hydrogen (secondary N) is 1. The van der Waals surface area contributed by atoms with Crippen molar-refractivity contribution in [1.82, 2.24) is 19.4 Å². The highest BCUT2D eigenvalue weighted by Crippen LogP contribution is 2.34. The molecule has 0 aliphatic heterocycles. The van der Waals surface area contributed by atoms with Crippen LogP contribution in [0.15, 0.2) is 59.5 Å². The largest absolute Gasteiger partial charge is 0.492 e. The SMILES string of the molecule is CCN(CC)CCOc1ccc(Nc2ncc3cc(-c4c(Cl)cccc4Cl)c(=O)n(CCOC)c3n2)cc1. The summed E-state index contributed by atoms with van der Waals surface area (Å²) in [6.45, 7) is 8.43. The lowest BCUT2D eigenvalue weighted by Gasteiger charge is -2.18. The molecule has 2 heterocycles. The van der Waals surface area contributed by atoms with E-state index >= 15 is 0 Å². The summed E-state index contributed by atoms with van der Waals surface area (Å²) in [5.41, 5.74) is 1.87. The molecule has 0 bridgehead atoms. The van der Waals surface area contributed by atoms with Gasteiger partial charge in [0.15, 0.2) is 0 Å². The Morgan fingerprint density at radius 1 is 1.03 bits per heavy atom. The van der Waals surface area contributed by atoms with Crippen molar-refractivity contribution in [1.29, 1.82) is 0 Å². The Hall–Kier alpha value is -3.17. The zero-order valence-corrected chi connectivity index (χ0v) is 23.2. The summed E-state index contributed by atoms with van der Waals surface area (Å²) >= 11 is 12.8. The van der Waals surface area contributed by atoms with E-state index in [0.717, 1.165) is 31.1 Å². The highest BCUT2D eigenvalue weighted by molar-refractivity contribution is 6.39. The first kappa shape index (κ1) is 27.9. The molecule has 8 nitrogen and oxygen atoms in total. The summed E-state index contributed by atoms with van der Waals surface area (Å²) < 4.78 is 12.7. The molecule has 0 atom stereocenters. The van der Waals surface area contributed by atoms with Gasteiger partial charge in [0.05, 0.1) is 28.8 Å². The molecule has 0 unspecified atom stereocenters. The van der Waals surface area contributed by atoms with Crippen LogP contribution in [0.3, 0.4) is 0 Å². The Kier molecular flexibility index (Phi) is 9.58. The first-order valence-corrected chi connectivity index (χ1v) is 13.3. The number of hydrogen-bond donors (Lipinski definition) is 1. The second kappa shape index (κ2) is 13.1. The second-order valence-electron chi connectivity index (χ2n) is 8.60. The van der Waals surface area contributed by atoms with Gasteiger partial charge in [-0.1, -0.05) is 43.1 Å². The van der Waals surface area contributed by atoms with Crippen molar-refractivity contribution in [3.8, 4) is 16.9 Å². The van der Waals surface area contributed by atoms with E-state index in [0.29, 0.717) is 57.9 Å². The molecule has 10 heteroatoms. The molecule has 0 saturated carbocycles. The van der Waals surface area contributed by atoms with Crippen molar-refractivity contribution < 1.29 is 9.47 Å². The third-order valence-corrected chi connectivity index (χ3v) is 6.89. The van der Waals surface area contributed by atoms with Crippen LogP contribution in [-0.4, -0.2) is 59.4 Å². The number of aromatic nitrogens is 3. The lowest BCUT2D eigenvalue weighted by atomic mass is 10.1. The maximum Gasteiger partial charge on any atom is 0.260 e. The normalized spacial score (nSPS) is 11.3. The molecule has 2 aromatic carbocycles. The predicted molar refractivity (Wildman–Crippen MR) is 154 cm³/mol. The Bertz CT molecular complexity index is 1420. The van der Waals surface area contributed by atoms with Gasteiger partial charge in [0.1, 0.15) is 18.0 Å².